The molecular weight excluding hydrogens is 316 g/mol. The molecular formula is C17H17ClN2O3. The van der Waals surface area contributed by atoms with Gasteiger partial charge in [0, 0.05) is 24.6 Å². The quantitative estimate of drug-likeness (QED) is 0.851. The Hall–Kier alpha value is -2.11. The largest absolute Gasteiger partial charge is 0.491 e. The molecule has 0 bridgehead atoms. The number of hydrogen-bond acceptors (Lipinski definition) is 4. The summed E-state index contributed by atoms with van der Waals surface area (Å²) in [5.41, 5.74) is 0.972. The van der Waals surface area contributed by atoms with E-state index in [4.69, 9.17) is 21.1 Å². The number of nitrogens with zero attached hydrogens (tertiary/aromatic N) is 1. The third-order valence-corrected chi connectivity index (χ3v) is 3.86. The summed E-state index contributed by atoms with van der Waals surface area (Å²) < 4.78 is 11.3. The average Bonchev–Trinajstić information content (AvgIpc) is 3.07. The Morgan fingerprint density at radius 1 is 1.39 bits per heavy atom. The standard InChI is InChI=1S/C17H17ClN2O3/c18-16-15(7-2-8-19-16)17(21)20-12-4-1-5-13(10-12)23-11-14-6-3-9-22-14/h1-2,4-5,7-8,10,14H,3,6,9,11H2,(H,20,21)/t14-/m0/s1. The summed E-state index contributed by atoms with van der Waals surface area (Å²) in [7, 11) is 0. The van der Waals surface area contributed by atoms with Crippen molar-refractivity contribution < 1.29 is 14.3 Å². The maximum Gasteiger partial charge on any atom is 0.258 e. The lowest BCUT2D eigenvalue weighted by atomic mass is 10.2. The predicted molar refractivity (Wildman–Crippen MR) is 88.1 cm³/mol. The topological polar surface area (TPSA) is 60.5 Å². The molecule has 5 nitrogen and oxygen atoms in total. The lowest BCUT2D eigenvalue weighted by Gasteiger charge is -2.12. The molecule has 2 aromatic rings. The van der Waals surface area contributed by atoms with Crippen molar-refractivity contribution in [3.05, 3.63) is 53.3 Å². The Kier molecular flexibility index (Phi) is 5.10. The molecule has 1 amide bonds. The van der Waals surface area contributed by atoms with Crippen molar-refractivity contribution in [1.82, 2.24) is 4.98 Å². The number of aromatic nitrogens is 1. The van der Waals surface area contributed by atoms with Gasteiger partial charge in [0.15, 0.2) is 0 Å². The van der Waals surface area contributed by atoms with E-state index in [2.05, 4.69) is 10.3 Å². The van der Waals surface area contributed by atoms with Gasteiger partial charge in [0.25, 0.3) is 5.91 Å². The molecule has 0 radical (unpaired) electrons. The molecule has 1 fully saturated rings. The van der Waals surface area contributed by atoms with Crippen LogP contribution >= 0.6 is 11.6 Å². The Labute approximate surface area is 139 Å². The van der Waals surface area contributed by atoms with E-state index >= 15 is 0 Å². The first-order valence-corrected chi connectivity index (χ1v) is 7.86. The van der Waals surface area contributed by atoms with E-state index < -0.39 is 0 Å². The number of pyridine rings is 1. The zero-order valence-electron chi connectivity index (χ0n) is 12.5. The number of carbonyl (C=O) groups is 1. The summed E-state index contributed by atoms with van der Waals surface area (Å²) >= 11 is 5.93. The number of hydrogen-bond donors (Lipinski definition) is 1. The smallest absolute Gasteiger partial charge is 0.258 e. The van der Waals surface area contributed by atoms with Crippen molar-refractivity contribution in [2.24, 2.45) is 0 Å². The molecule has 23 heavy (non-hydrogen) atoms. The van der Waals surface area contributed by atoms with Gasteiger partial charge < -0.3 is 14.8 Å². The molecule has 1 N–H and O–H groups in total. The average molecular weight is 333 g/mol. The third kappa shape index (κ3) is 4.21. The second-order valence-corrected chi connectivity index (χ2v) is 5.63. The van der Waals surface area contributed by atoms with E-state index in [1.807, 2.05) is 12.1 Å². The fourth-order valence-electron chi connectivity index (χ4n) is 2.38. The number of carbonyl (C=O) groups excluding carboxylic acids is 1. The Morgan fingerprint density at radius 3 is 3.09 bits per heavy atom. The molecule has 0 aliphatic carbocycles. The number of ether oxygens (including phenoxy) is 2. The fourth-order valence-corrected chi connectivity index (χ4v) is 2.59. The van der Waals surface area contributed by atoms with Gasteiger partial charge in [-0.25, -0.2) is 4.98 Å². The highest BCUT2D eigenvalue weighted by Crippen LogP contribution is 2.21. The van der Waals surface area contributed by atoms with Gasteiger partial charge in [0.1, 0.15) is 17.5 Å². The molecule has 0 saturated carbocycles. The maximum atomic E-state index is 12.2. The van der Waals surface area contributed by atoms with Crippen LogP contribution in [-0.4, -0.2) is 30.2 Å². The summed E-state index contributed by atoms with van der Waals surface area (Å²) in [5, 5.41) is 2.97. The van der Waals surface area contributed by atoms with Gasteiger partial charge in [-0.2, -0.15) is 0 Å². The van der Waals surface area contributed by atoms with Crippen LogP contribution in [0.3, 0.4) is 0 Å². The molecule has 1 atom stereocenters. The second kappa shape index (κ2) is 7.44. The van der Waals surface area contributed by atoms with Crippen molar-refractivity contribution in [3.63, 3.8) is 0 Å². The predicted octanol–water partition coefficient (Wildman–Crippen LogP) is 3.55. The zero-order chi connectivity index (χ0) is 16.1. The highest BCUT2D eigenvalue weighted by Gasteiger charge is 2.16. The first-order valence-electron chi connectivity index (χ1n) is 7.49. The monoisotopic (exact) mass is 332 g/mol. The van der Waals surface area contributed by atoms with Gasteiger partial charge in [-0.1, -0.05) is 17.7 Å². The molecule has 120 valence electrons. The van der Waals surface area contributed by atoms with Gasteiger partial charge in [-0.3, -0.25) is 4.79 Å². The second-order valence-electron chi connectivity index (χ2n) is 5.27. The number of amides is 1. The molecule has 1 aromatic carbocycles. The van der Waals surface area contributed by atoms with E-state index in [1.165, 1.54) is 0 Å². The van der Waals surface area contributed by atoms with E-state index in [0.29, 0.717) is 23.6 Å². The molecule has 0 spiro atoms. The third-order valence-electron chi connectivity index (χ3n) is 3.56. The number of anilines is 1. The lowest BCUT2D eigenvalue weighted by molar-refractivity contribution is 0.0680. The van der Waals surface area contributed by atoms with Crippen LogP contribution in [0.4, 0.5) is 5.69 Å². The maximum absolute atomic E-state index is 12.2. The SMILES string of the molecule is O=C(Nc1cccc(OC[C@@H]2CCCO2)c1)c1cccnc1Cl. The van der Waals surface area contributed by atoms with Crippen LogP contribution in [0, 0.1) is 0 Å². The minimum absolute atomic E-state index is 0.155. The van der Waals surface area contributed by atoms with Gasteiger partial charge in [0.05, 0.1) is 11.7 Å². The molecule has 1 saturated heterocycles. The molecule has 3 rings (SSSR count). The van der Waals surface area contributed by atoms with E-state index in [0.717, 1.165) is 19.4 Å². The number of halogens is 1. The van der Waals surface area contributed by atoms with Gasteiger partial charge >= 0.3 is 0 Å². The fraction of sp³-hybridized carbons (Fsp3) is 0.294. The molecule has 2 heterocycles. The van der Waals surface area contributed by atoms with Crippen LogP contribution < -0.4 is 10.1 Å². The Balaban J connectivity index is 1.63. The normalized spacial score (nSPS) is 17.0. The number of benzene rings is 1. The minimum Gasteiger partial charge on any atom is -0.491 e. The Morgan fingerprint density at radius 2 is 2.30 bits per heavy atom. The highest BCUT2D eigenvalue weighted by molar-refractivity contribution is 6.33. The van der Waals surface area contributed by atoms with Crippen LogP contribution in [-0.2, 0) is 4.74 Å². The first kappa shape index (κ1) is 15.8. The van der Waals surface area contributed by atoms with E-state index in [-0.39, 0.29) is 17.2 Å². The summed E-state index contributed by atoms with van der Waals surface area (Å²) in [6.45, 7) is 1.32. The zero-order valence-corrected chi connectivity index (χ0v) is 13.3. The van der Waals surface area contributed by atoms with Crippen molar-refractivity contribution in [1.29, 1.82) is 0 Å². The number of rotatable bonds is 5. The van der Waals surface area contributed by atoms with Crippen molar-refractivity contribution in [2.75, 3.05) is 18.5 Å². The number of nitrogens with one attached hydrogen (secondary N) is 1. The van der Waals surface area contributed by atoms with E-state index in [9.17, 15) is 4.79 Å². The lowest BCUT2D eigenvalue weighted by Crippen LogP contribution is -2.16. The highest BCUT2D eigenvalue weighted by atomic mass is 35.5. The molecule has 1 aliphatic heterocycles. The van der Waals surface area contributed by atoms with Crippen molar-refractivity contribution in [2.45, 2.75) is 18.9 Å². The summed E-state index contributed by atoms with van der Waals surface area (Å²) in [4.78, 5) is 16.1. The van der Waals surface area contributed by atoms with Crippen LogP contribution in [0.5, 0.6) is 5.75 Å². The summed E-state index contributed by atoms with van der Waals surface area (Å²) in [6, 6.07) is 10.5. The molecule has 1 aliphatic rings. The van der Waals surface area contributed by atoms with Crippen LogP contribution in [0.15, 0.2) is 42.6 Å². The van der Waals surface area contributed by atoms with Crippen molar-refractivity contribution in [3.8, 4) is 5.75 Å². The molecule has 1 aromatic heterocycles. The summed E-state index contributed by atoms with van der Waals surface area (Å²) in [5.74, 6) is 0.384. The molecule has 6 heteroatoms. The van der Waals surface area contributed by atoms with Crippen LogP contribution in [0.2, 0.25) is 5.15 Å². The summed E-state index contributed by atoms with van der Waals surface area (Å²) in [6.07, 6.45) is 3.80. The minimum atomic E-state index is -0.306. The Bertz CT molecular complexity index is 687. The van der Waals surface area contributed by atoms with Crippen molar-refractivity contribution >= 4 is 23.2 Å². The van der Waals surface area contributed by atoms with Gasteiger partial charge in [0.2, 0.25) is 0 Å². The van der Waals surface area contributed by atoms with Crippen LogP contribution in [0.1, 0.15) is 23.2 Å². The van der Waals surface area contributed by atoms with Crippen LogP contribution in [0.25, 0.3) is 0 Å². The first-order chi connectivity index (χ1) is 11.2. The van der Waals surface area contributed by atoms with Gasteiger partial charge in [-0.15, -0.1) is 0 Å². The molecule has 0 unspecified atom stereocenters. The van der Waals surface area contributed by atoms with E-state index in [1.54, 1.807) is 30.5 Å². The van der Waals surface area contributed by atoms with Gasteiger partial charge in [-0.05, 0) is 37.1 Å².